The summed E-state index contributed by atoms with van der Waals surface area (Å²) >= 11 is 11.0. The monoisotopic (exact) mass is 428 g/mol. The smallest absolute Gasteiger partial charge is 0.308 e. The van der Waals surface area contributed by atoms with Crippen LogP contribution in [0.4, 0.5) is 5.69 Å². The van der Waals surface area contributed by atoms with E-state index in [1.54, 1.807) is 24.3 Å². The van der Waals surface area contributed by atoms with Crippen LogP contribution in [0.3, 0.4) is 0 Å². The Bertz CT molecular complexity index is 1060. The Hall–Kier alpha value is -3.36. The van der Waals surface area contributed by atoms with Gasteiger partial charge in [0, 0.05) is 23.6 Å². The lowest BCUT2D eigenvalue weighted by atomic mass is 10.0. The molecule has 0 unspecified atom stereocenters. The van der Waals surface area contributed by atoms with Crippen molar-refractivity contribution in [3.63, 3.8) is 0 Å². The molecule has 1 N–H and O–H groups in total. The van der Waals surface area contributed by atoms with Gasteiger partial charge in [-0.3, -0.25) is 29.4 Å². The highest BCUT2D eigenvalue weighted by Gasteiger charge is 2.35. The number of allylic oxidation sites excluding steroid dienone is 1. The molecule has 1 saturated heterocycles. The first kappa shape index (κ1) is 20.4. The molecule has 0 aromatic heterocycles. The zero-order valence-electron chi connectivity index (χ0n) is 15.0. The fraction of sp³-hybridized carbons (Fsp3) is 0.0500. The molecule has 29 heavy (non-hydrogen) atoms. The summed E-state index contributed by atoms with van der Waals surface area (Å²) in [6.07, 6.45) is 0.948. The van der Waals surface area contributed by atoms with E-state index in [0.29, 0.717) is 10.7 Å². The third kappa shape index (κ3) is 4.56. The van der Waals surface area contributed by atoms with Crippen LogP contribution in [0.25, 0.3) is 0 Å². The van der Waals surface area contributed by atoms with Gasteiger partial charge in [-0.2, -0.15) is 0 Å². The molecule has 0 bridgehead atoms. The van der Waals surface area contributed by atoms with Gasteiger partial charge < -0.3 is 4.74 Å². The van der Waals surface area contributed by atoms with Crippen LogP contribution in [0.15, 0.2) is 60.2 Å². The normalized spacial score (nSPS) is 15.3. The van der Waals surface area contributed by atoms with Crippen molar-refractivity contribution in [3.05, 3.63) is 70.8 Å². The van der Waals surface area contributed by atoms with E-state index in [0.717, 1.165) is 11.0 Å². The number of carbonyl (C=O) groups is 4. The third-order valence-electron chi connectivity index (χ3n) is 3.86. The Morgan fingerprint density at radius 3 is 2.28 bits per heavy atom. The van der Waals surface area contributed by atoms with Crippen LogP contribution in [0.2, 0.25) is 5.02 Å². The highest BCUT2D eigenvalue weighted by molar-refractivity contribution is 7.80. The van der Waals surface area contributed by atoms with Gasteiger partial charge in [-0.1, -0.05) is 11.6 Å². The summed E-state index contributed by atoms with van der Waals surface area (Å²) in [6, 6.07) is 12.0. The summed E-state index contributed by atoms with van der Waals surface area (Å²) in [5, 5.41) is 2.77. The number of nitrogens with one attached hydrogen (secondary N) is 1. The van der Waals surface area contributed by atoms with E-state index in [9.17, 15) is 19.2 Å². The maximum Gasteiger partial charge on any atom is 0.308 e. The first-order valence-electron chi connectivity index (χ1n) is 8.26. The summed E-state index contributed by atoms with van der Waals surface area (Å²) in [5.74, 6) is -2.29. The largest absolute Gasteiger partial charge is 0.427 e. The first-order valence-corrected chi connectivity index (χ1v) is 9.04. The third-order valence-corrected chi connectivity index (χ3v) is 4.40. The van der Waals surface area contributed by atoms with Crippen molar-refractivity contribution in [1.82, 2.24) is 5.32 Å². The van der Waals surface area contributed by atoms with Crippen molar-refractivity contribution < 1.29 is 23.9 Å². The van der Waals surface area contributed by atoms with Gasteiger partial charge in [-0.25, -0.2) is 0 Å². The van der Waals surface area contributed by atoms with E-state index >= 15 is 0 Å². The average Bonchev–Trinajstić information content (AvgIpc) is 2.66. The second kappa shape index (κ2) is 8.34. The number of rotatable bonds is 4. The highest BCUT2D eigenvalue weighted by atomic mass is 35.5. The molecule has 1 aliphatic rings. The van der Waals surface area contributed by atoms with E-state index < -0.39 is 23.6 Å². The molecule has 7 nitrogen and oxygen atoms in total. The molecule has 1 fully saturated rings. The van der Waals surface area contributed by atoms with Gasteiger partial charge in [0.15, 0.2) is 10.9 Å². The zero-order valence-corrected chi connectivity index (χ0v) is 16.5. The number of anilines is 1. The predicted molar refractivity (Wildman–Crippen MR) is 110 cm³/mol. The molecule has 1 aliphatic heterocycles. The number of amides is 2. The fourth-order valence-electron chi connectivity index (χ4n) is 2.55. The number of benzene rings is 2. The quantitative estimate of drug-likeness (QED) is 0.201. The molecule has 2 aromatic carbocycles. The Kier molecular flexibility index (Phi) is 5.86. The number of ether oxygens (including phenoxy) is 1. The zero-order chi connectivity index (χ0) is 21.1. The van der Waals surface area contributed by atoms with Crippen LogP contribution in [-0.2, 0) is 14.4 Å². The van der Waals surface area contributed by atoms with E-state index in [4.69, 9.17) is 28.6 Å². The van der Waals surface area contributed by atoms with Gasteiger partial charge in [0.25, 0.3) is 11.8 Å². The summed E-state index contributed by atoms with van der Waals surface area (Å²) in [5.41, 5.74) is 0.247. The lowest BCUT2D eigenvalue weighted by Gasteiger charge is -2.28. The van der Waals surface area contributed by atoms with Gasteiger partial charge in [-0.05, 0) is 60.7 Å². The van der Waals surface area contributed by atoms with Crippen LogP contribution in [0, 0.1) is 0 Å². The topological polar surface area (TPSA) is 92.8 Å². The Morgan fingerprint density at radius 1 is 1.07 bits per heavy atom. The minimum Gasteiger partial charge on any atom is -0.427 e. The molecular formula is C20H13ClN2O5S. The molecule has 0 radical (unpaired) electrons. The molecule has 146 valence electrons. The second-order valence-electron chi connectivity index (χ2n) is 5.92. The average molecular weight is 429 g/mol. The maximum atomic E-state index is 12.8. The van der Waals surface area contributed by atoms with Gasteiger partial charge in [0.1, 0.15) is 11.3 Å². The number of thiocarbonyl (C=S) groups is 1. The number of halogens is 1. The van der Waals surface area contributed by atoms with Crippen molar-refractivity contribution in [2.75, 3.05) is 4.90 Å². The Labute approximate surface area is 175 Å². The van der Waals surface area contributed by atoms with Crippen LogP contribution >= 0.6 is 23.8 Å². The number of esters is 1. The fourth-order valence-corrected chi connectivity index (χ4v) is 2.96. The molecular weight excluding hydrogens is 416 g/mol. The number of ketones is 1. The standard InChI is InChI=1S/C20H13ClN2O5S/c1-11(24)28-15-8-2-12(3-9-15)17(25)10-16-18(26)22-20(29)23(19(16)27)14-6-4-13(21)5-7-14/h2-10H,1H3,(H,22,26,29)/b16-10-. The van der Waals surface area contributed by atoms with E-state index in [-0.39, 0.29) is 22.0 Å². The number of hydrogen-bond acceptors (Lipinski definition) is 6. The highest BCUT2D eigenvalue weighted by Crippen LogP contribution is 2.23. The summed E-state index contributed by atoms with van der Waals surface area (Å²) in [6.45, 7) is 1.26. The van der Waals surface area contributed by atoms with Crippen LogP contribution in [0.5, 0.6) is 5.75 Å². The molecule has 1 heterocycles. The van der Waals surface area contributed by atoms with E-state index in [1.165, 1.54) is 31.2 Å². The molecule has 2 aromatic rings. The maximum absolute atomic E-state index is 12.8. The summed E-state index contributed by atoms with van der Waals surface area (Å²) < 4.78 is 4.90. The van der Waals surface area contributed by atoms with Crippen molar-refractivity contribution in [2.45, 2.75) is 6.92 Å². The van der Waals surface area contributed by atoms with Gasteiger partial charge in [-0.15, -0.1) is 0 Å². The molecule has 0 saturated carbocycles. The van der Waals surface area contributed by atoms with Gasteiger partial charge >= 0.3 is 5.97 Å². The lowest BCUT2D eigenvalue weighted by molar-refractivity contribution is -0.132. The van der Waals surface area contributed by atoms with Crippen LogP contribution in [0.1, 0.15) is 17.3 Å². The SMILES string of the molecule is CC(=O)Oc1ccc(C(=O)/C=C2/C(=O)NC(=S)N(c3ccc(Cl)cc3)C2=O)cc1. The minimum atomic E-state index is -0.768. The van der Waals surface area contributed by atoms with Crippen LogP contribution in [-0.4, -0.2) is 28.7 Å². The van der Waals surface area contributed by atoms with Gasteiger partial charge in [0.2, 0.25) is 0 Å². The van der Waals surface area contributed by atoms with Gasteiger partial charge in [0.05, 0.1) is 5.69 Å². The first-order chi connectivity index (χ1) is 13.8. The number of carbonyl (C=O) groups excluding carboxylic acids is 4. The van der Waals surface area contributed by atoms with E-state index in [2.05, 4.69) is 5.32 Å². The van der Waals surface area contributed by atoms with Crippen molar-refractivity contribution in [2.24, 2.45) is 0 Å². The number of hydrogen-bond donors (Lipinski definition) is 1. The predicted octanol–water partition coefficient (Wildman–Crippen LogP) is 2.82. The Morgan fingerprint density at radius 2 is 1.69 bits per heavy atom. The molecule has 0 atom stereocenters. The van der Waals surface area contributed by atoms with E-state index in [1.807, 2.05) is 0 Å². The van der Waals surface area contributed by atoms with Crippen molar-refractivity contribution in [1.29, 1.82) is 0 Å². The molecule has 0 aliphatic carbocycles. The number of nitrogens with zero attached hydrogens (tertiary/aromatic N) is 1. The molecule has 9 heteroatoms. The lowest BCUT2D eigenvalue weighted by Crippen LogP contribution is -2.54. The Balaban J connectivity index is 1.88. The molecule has 0 spiro atoms. The molecule has 2 amide bonds. The van der Waals surface area contributed by atoms with Crippen LogP contribution < -0.4 is 15.0 Å². The molecule has 3 rings (SSSR count). The second-order valence-corrected chi connectivity index (χ2v) is 6.74. The van der Waals surface area contributed by atoms with Crippen molar-refractivity contribution in [3.8, 4) is 5.75 Å². The summed E-state index contributed by atoms with van der Waals surface area (Å²) in [4.78, 5) is 49.7. The summed E-state index contributed by atoms with van der Waals surface area (Å²) in [7, 11) is 0. The minimum absolute atomic E-state index is 0.0994. The van der Waals surface area contributed by atoms with Crippen molar-refractivity contribution >= 4 is 58.2 Å².